The molecule has 5 N–H and O–H groups in total. The molecule has 0 fully saturated rings. The van der Waals surface area contributed by atoms with E-state index in [0.717, 1.165) is 5.56 Å². The summed E-state index contributed by atoms with van der Waals surface area (Å²) in [5.74, 6) is 5.62. The number of nitriles is 1. The van der Waals surface area contributed by atoms with Gasteiger partial charge in [-0.3, -0.25) is 0 Å². The fourth-order valence-corrected chi connectivity index (χ4v) is 2.01. The highest BCUT2D eigenvalue weighted by Crippen LogP contribution is 2.19. The van der Waals surface area contributed by atoms with Gasteiger partial charge in [-0.05, 0) is 29.8 Å². The molecule has 5 nitrogen and oxygen atoms in total. The van der Waals surface area contributed by atoms with Crippen molar-refractivity contribution in [3.05, 3.63) is 71.2 Å². The molecular weight excluding hydrogens is 295 g/mol. The van der Waals surface area contributed by atoms with Crippen LogP contribution in [0.1, 0.15) is 11.1 Å². The van der Waals surface area contributed by atoms with Gasteiger partial charge in [-0.15, -0.1) is 0 Å². The standard InChI is InChI=1S/C17H17FN4O/c18-14-6-4-12(5-7-14)8-9-23-15-3-1-2-13(10-15)17(20)16(11-19)22-21/h1-7,10,22H,8-9,20-21H2/b17-16-. The van der Waals surface area contributed by atoms with Gasteiger partial charge in [-0.2, -0.15) is 5.26 Å². The first-order valence-corrected chi connectivity index (χ1v) is 6.98. The van der Waals surface area contributed by atoms with Crippen molar-refractivity contribution in [2.24, 2.45) is 11.6 Å². The monoisotopic (exact) mass is 312 g/mol. The van der Waals surface area contributed by atoms with E-state index in [1.165, 1.54) is 12.1 Å². The van der Waals surface area contributed by atoms with Crippen molar-refractivity contribution < 1.29 is 9.13 Å². The number of ether oxygens (including phenoxy) is 1. The molecule has 0 aliphatic carbocycles. The summed E-state index contributed by atoms with van der Waals surface area (Å²) in [6.45, 7) is 0.443. The Balaban J connectivity index is 2.02. The van der Waals surface area contributed by atoms with E-state index >= 15 is 0 Å². The lowest BCUT2D eigenvalue weighted by molar-refractivity contribution is 0.322. The van der Waals surface area contributed by atoms with Gasteiger partial charge in [0.1, 0.15) is 17.6 Å². The van der Waals surface area contributed by atoms with E-state index in [-0.39, 0.29) is 17.2 Å². The Bertz CT molecular complexity index is 735. The SMILES string of the molecule is N#C/C(NN)=C(/N)c1cccc(OCCc2ccc(F)cc2)c1. The third-order valence-electron chi connectivity index (χ3n) is 3.24. The summed E-state index contributed by atoms with van der Waals surface area (Å²) in [7, 11) is 0. The van der Waals surface area contributed by atoms with Crippen LogP contribution in [0, 0.1) is 17.1 Å². The Hall–Kier alpha value is -3.04. The average molecular weight is 312 g/mol. The predicted octanol–water partition coefficient (Wildman–Crippen LogP) is 2.06. The molecule has 0 saturated carbocycles. The summed E-state index contributed by atoms with van der Waals surface area (Å²) in [6, 6.07) is 15.2. The predicted molar refractivity (Wildman–Crippen MR) is 86.1 cm³/mol. The van der Waals surface area contributed by atoms with Gasteiger partial charge in [0.15, 0.2) is 5.70 Å². The van der Waals surface area contributed by atoms with Gasteiger partial charge >= 0.3 is 0 Å². The molecule has 0 heterocycles. The highest BCUT2D eigenvalue weighted by atomic mass is 19.1. The van der Waals surface area contributed by atoms with Gasteiger partial charge in [-0.25, -0.2) is 10.2 Å². The van der Waals surface area contributed by atoms with Crippen LogP contribution in [0.5, 0.6) is 5.75 Å². The van der Waals surface area contributed by atoms with Crippen LogP contribution >= 0.6 is 0 Å². The summed E-state index contributed by atoms with van der Waals surface area (Å²) in [6.07, 6.45) is 0.656. The van der Waals surface area contributed by atoms with E-state index < -0.39 is 0 Å². The molecule has 0 saturated heterocycles. The second kappa shape index (κ2) is 7.82. The minimum absolute atomic E-state index is 0.0912. The molecule has 6 heteroatoms. The van der Waals surface area contributed by atoms with E-state index in [1.807, 2.05) is 6.07 Å². The van der Waals surface area contributed by atoms with Crippen LogP contribution in [0.15, 0.2) is 54.2 Å². The van der Waals surface area contributed by atoms with Gasteiger partial charge in [0.05, 0.1) is 12.3 Å². The molecule has 0 spiro atoms. The smallest absolute Gasteiger partial charge is 0.151 e. The number of nitrogens with zero attached hydrogens (tertiary/aromatic N) is 1. The molecule has 0 aliphatic rings. The fraction of sp³-hybridized carbons (Fsp3) is 0.118. The van der Waals surface area contributed by atoms with E-state index in [4.69, 9.17) is 21.6 Å². The molecule has 0 atom stereocenters. The fourth-order valence-electron chi connectivity index (χ4n) is 2.01. The number of halogens is 1. The van der Waals surface area contributed by atoms with Gasteiger partial charge < -0.3 is 15.9 Å². The molecule has 0 amide bonds. The first kappa shape index (κ1) is 16.3. The Labute approximate surface area is 133 Å². The molecule has 0 aliphatic heterocycles. The quantitative estimate of drug-likeness (QED) is 0.431. The molecule has 2 rings (SSSR count). The maximum atomic E-state index is 12.8. The first-order chi connectivity index (χ1) is 11.1. The first-order valence-electron chi connectivity index (χ1n) is 6.98. The van der Waals surface area contributed by atoms with Crippen molar-refractivity contribution in [1.29, 1.82) is 5.26 Å². The number of hydrogen-bond donors (Lipinski definition) is 3. The number of hydrazine groups is 1. The van der Waals surface area contributed by atoms with Gasteiger partial charge in [0, 0.05) is 12.0 Å². The van der Waals surface area contributed by atoms with Crippen molar-refractivity contribution in [3.8, 4) is 11.8 Å². The minimum atomic E-state index is -0.258. The summed E-state index contributed by atoms with van der Waals surface area (Å²) < 4.78 is 18.5. The van der Waals surface area contributed by atoms with Crippen LogP contribution in [0.25, 0.3) is 5.70 Å². The number of benzene rings is 2. The number of nitrogens with two attached hydrogens (primary N) is 2. The Kier molecular flexibility index (Phi) is 5.56. The maximum absolute atomic E-state index is 12.8. The van der Waals surface area contributed by atoms with Crippen molar-refractivity contribution in [3.63, 3.8) is 0 Å². The molecule has 2 aromatic rings. The van der Waals surface area contributed by atoms with Gasteiger partial charge in [0.2, 0.25) is 0 Å². The molecule has 23 heavy (non-hydrogen) atoms. The minimum Gasteiger partial charge on any atom is -0.493 e. The zero-order valence-corrected chi connectivity index (χ0v) is 12.4. The molecule has 0 unspecified atom stereocenters. The van der Waals surface area contributed by atoms with Gasteiger partial charge in [-0.1, -0.05) is 24.3 Å². The molecule has 118 valence electrons. The van der Waals surface area contributed by atoms with E-state index in [1.54, 1.807) is 36.4 Å². The number of nitrogens with one attached hydrogen (secondary N) is 1. The normalized spacial score (nSPS) is 11.3. The molecule has 2 aromatic carbocycles. The lowest BCUT2D eigenvalue weighted by Gasteiger charge is -2.09. The number of rotatable bonds is 6. The largest absolute Gasteiger partial charge is 0.493 e. The number of hydrogen-bond acceptors (Lipinski definition) is 5. The van der Waals surface area contributed by atoms with Crippen LogP contribution in [-0.4, -0.2) is 6.61 Å². The highest BCUT2D eigenvalue weighted by molar-refractivity contribution is 5.69. The summed E-state index contributed by atoms with van der Waals surface area (Å²) in [4.78, 5) is 0. The van der Waals surface area contributed by atoms with Crippen LogP contribution in [0.2, 0.25) is 0 Å². The third kappa shape index (κ3) is 4.46. The molecule has 0 bridgehead atoms. The second-order valence-corrected chi connectivity index (χ2v) is 4.80. The van der Waals surface area contributed by atoms with Crippen LogP contribution in [0.3, 0.4) is 0 Å². The molecular formula is C17H17FN4O. The Morgan fingerprint density at radius 1 is 1.22 bits per heavy atom. The summed E-state index contributed by atoms with van der Waals surface area (Å²) in [5.41, 5.74) is 10.1. The Morgan fingerprint density at radius 2 is 1.96 bits per heavy atom. The second-order valence-electron chi connectivity index (χ2n) is 4.80. The maximum Gasteiger partial charge on any atom is 0.151 e. The number of allylic oxidation sites excluding steroid dienone is 1. The van der Waals surface area contributed by atoms with Crippen molar-refractivity contribution in [2.75, 3.05) is 6.61 Å². The van der Waals surface area contributed by atoms with E-state index in [2.05, 4.69) is 5.43 Å². The zero-order valence-electron chi connectivity index (χ0n) is 12.4. The Morgan fingerprint density at radius 3 is 2.61 bits per heavy atom. The van der Waals surface area contributed by atoms with Crippen molar-refractivity contribution >= 4 is 5.70 Å². The topological polar surface area (TPSA) is 97.1 Å². The third-order valence-corrected chi connectivity index (χ3v) is 3.24. The highest BCUT2D eigenvalue weighted by Gasteiger charge is 2.06. The van der Waals surface area contributed by atoms with E-state index in [0.29, 0.717) is 24.3 Å². The molecule has 0 radical (unpaired) electrons. The lowest BCUT2D eigenvalue weighted by atomic mass is 10.1. The van der Waals surface area contributed by atoms with Gasteiger partial charge in [0.25, 0.3) is 0 Å². The molecule has 0 aromatic heterocycles. The zero-order chi connectivity index (χ0) is 16.7. The van der Waals surface area contributed by atoms with Crippen LogP contribution in [-0.2, 0) is 6.42 Å². The van der Waals surface area contributed by atoms with Crippen LogP contribution < -0.4 is 21.7 Å². The van der Waals surface area contributed by atoms with Crippen molar-refractivity contribution in [1.82, 2.24) is 5.43 Å². The van der Waals surface area contributed by atoms with Crippen molar-refractivity contribution in [2.45, 2.75) is 6.42 Å². The summed E-state index contributed by atoms with van der Waals surface area (Å²) >= 11 is 0. The van der Waals surface area contributed by atoms with E-state index in [9.17, 15) is 4.39 Å². The van der Waals surface area contributed by atoms with Crippen LogP contribution in [0.4, 0.5) is 4.39 Å². The lowest BCUT2D eigenvalue weighted by Crippen LogP contribution is -2.23. The summed E-state index contributed by atoms with van der Waals surface area (Å²) in [5, 5.41) is 8.93. The average Bonchev–Trinajstić information content (AvgIpc) is 2.58.